The van der Waals surface area contributed by atoms with Crippen molar-refractivity contribution < 1.29 is 0 Å². The van der Waals surface area contributed by atoms with E-state index in [0.717, 1.165) is 12.5 Å². The van der Waals surface area contributed by atoms with Gasteiger partial charge < -0.3 is 10.6 Å². The molecule has 3 heteroatoms. The van der Waals surface area contributed by atoms with Crippen LogP contribution >= 0.6 is 0 Å². The first-order chi connectivity index (χ1) is 10.8. The predicted molar refractivity (Wildman–Crippen MR) is 92.1 cm³/mol. The molecule has 0 saturated heterocycles. The molecule has 1 saturated carbocycles. The first-order valence-corrected chi connectivity index (χ1v) is 7.84. The van der Waals surface area contributed by atoms with Crippen LogP contribution in [-0.4, -0.2) is 19.0 Å². The standard InChI is InChI=1S/C19H23N3/c1-14-8-10-15(11-9-14)13-21-19(20-2)22-18-12-17(18)16-6-4-3-5-7-16/h3-11,17-18H,12-13H2,1-2H3,(H2,20,21,22). The largest absolute Gasteiger partial charge is 0.353 e. The number of aryl methyl sites for hydroxylation is 1. The van der Waals surface area contributed by atoms with Gasteiger partial charge in [0.15, 0.2) is 5.96 Å². The van der Waals surface area contributed by atoms with Gasteiger partial charge in [-0.15, -0.1) is 0 Å². The highest BCUT2D eigenvalue weighted by molar-refractivity contribution is 5.80. The van der Waals surface area contributed by atoms with Crippen LogP contribution in [0.4, 0.5) is 0 Å². The Balaban J connectivity index is 1.50. The molecule has 2 atom stereocenters. The highest BCUT2D eigenvalue weighted by Gasteiger charge is 2.38. The lowest BCUT2D eigenvalue weighted by Gasteiger charge is -2.12. The molecule has 2 N–H and O–H groups in total. The molecule has 0 radical (unpaired) electrons. The summed E-state index contributed by atoms with van der Waals surface area (Å²) in [7, 11) is 1.82. The maximum atomic E-state index is 4.32. The van der Waals surface area contributed by atoms with E-state index in [4.69, 9.17) is 0 Å². The van der Waals surface area contributed by atoms with Crippen LogP contribution in [0.2, 0.25) is 0 Å². The van der Waals surface area contributed by atoms with Crippen molar-refractivity contribution in [1.82, 2.24) is 10.6 Å². The molecule has 2 aromatic carbocycles. The number of benzene rings is 2. The van der Waals surface area contributed by atoms with Gasteiger partial charge in [0.05, 0.1) is 0 Å². The predicted octanol–water partition coefficient (Wildman–Crippen LogP) is 3.22. The fraction of sp³-hybridized carbons (Fsp3) is 0.316. The minimum atomic E-state index is 0.492. The summed E-state index contributed by atoms with van der Waals surface area (Å²) >= 11 is 0. The first kappa shape index (κ1) is 14.6. The molecule has 0 aromatic heterocycles. The second-order valence-electron chi connectivity index (χ2n) is 5.92. The quantitative estimate of drug-likeness (QED) is 0.671. The molecule has 3 nitrogen and oxygen atoms in total. The van der Waals surface area contributed by atoms with Gasteiger partial charge in [0.2, 0.25) is 0 Å². The van der Waals surface area contributed by atoms with Crippen LogP contribution in [0, 0.1) is 6.92 Å². The van der Waals surface area contributed by atoms with Crippen molar-refractivity contribution >= 4 is 5.96 Å². The van der Waals surface area contributed by atoms with E-state index in [-0.39, 0.29) is 0 Å². The van der Waals surface area contributed by atoms with Gasteiger partial charge in [0, 0.05) is 25.6 Å². The molecule has 1 aliphatic rings. The highest BCUT2D eigenvalue weighted by Crippen LogP contribution is 2.40. The van der Waals surface area contributed by atoms with Gasteiger partial charge in [0.25, 0.3) is 0 Å². The maximum Gasteiger partial charge on any atom is 0.191 e. The number of hydrogen-bond acceptors (Lipinski definition) is 1. The minimum Gasteiger partial charge on any atom is -0.353 e. The van der Waals surface area contributed by atoms with E-state index >= 15 is 0 Å². The van der Waals surface area contributed by atoms with Gasteiger partial charge >= 0.3 is 0 Å². The van der Waals surface area contributed by atoms with Gasteiger partial charge in [-0.3, -0.25) is 4.99 Å². The Bertz CT molecular complexity index is 631. The second kappa shape index (κ2) is 6.65. The van der Waals surface area contributed by atoms with E-state index in [1.165, 1.54) is 23.1 Å². The fourth-order valence-corrected chi connectivity index (χ4v) is 2.69. The molecule has 3 rings (SSSR count). The Labute approximate surface area is 132 Å². The molecule has 2 unspecified atom stereocenters. The number of hydrogen-bond donors (Lipinski definition) is 2. The summed E-state index contributed by atoms with van der Waals surface area (Å²) in [6, 6.07) is 19.8. The summed E-state index contributed by atoms with van der Waals surface area (Å²) in [5, 5.41) is 6.90. The van der Waals surface area contributed by atoms with E-state index in [2.05, 4.69) is 77.1 Å². The third-order valence-electron chi connectivity index (χ3n) is 4.14. The average molecular weight is 293 g/mol. The molecule has 0 amide bonds. The van der Waals surface area contributed by atoms with Crippen LogP contribution in [0.25, 0.3) is 0 Å². The van der Waals surface area contributed by atoms with Crippen LogP contribution in [0.3, 0.4) is 0 Å². The summed E-state index contributed by atoms with van der Waals surface area (Å²) in [6.45, 7) is 2.90. The molecule has 0 aliphatic heterocycles. The van der Waals surface area contributed by atoms with Gasteiger partial charge in [-0.2, -0.15) is 0 Å². The number of rotatable bonds is 4. The SMILES string of the molecule is CN=C(NCc1ccc(C)cc1)NC1CC1c1ccccc1. The van der Waals surface area contributed by atoms with Crippen molar-refractivity contribution in [3.05, 3.63) is 71.3 Å². The number of nitrogens with zero attached hydrogens (tertiary/aromatic N) is 1. The van der Waals surface area contributed by atoms with Crippen molar-refractivity contribution in [3.8, 4) is 0 Å². The Hall–Kier alpha value is -2.29. The summed E-state index contributed by atoms with van der Waals surface area (Å²) in [5.74, 6) is 1.49. The zero-order chi connectivity index (χ0) is 15.4. The molecule has 0 spiro atoms. The molecule has 22 heavy (non-hydrogen) atoms. The zero-order valence-electron chi connectivity index (χ0n) is 13.2. The van der Waals surface area contributed by atoms with Crippen molar-refractivity contribution in [2.45, 2.75) is 31.8 Å². The van der Waals surface area contributed by atoms with Crippen molar-refractivity contribution in [1.29, 1.82) is 0 Å². The van der Waals surface area contributed by atoms with Crippen LogP contribution < -0.4 is 10.6 Å². The molecule has 0 bridgehead atoms. The van der Waals surface area contributed by atoms with Crippen LogP contribution in [0.5, 0.6) is 0 Å². The summed E-state index contributed by atoms with van der Waals surface area (Å²) in [5.41, 5.74) is 3.97. The monoisotopic (exact) mass is 293 g/mol. The number of nitrogens with one attached hydrogen (secondary N) is 2. The summed E-state index contributed by atoms with van der Waals surface area (Å²) in [4.78, 5) is 4.32. The molecular formula is C19H23N3. The molecule has 1 aliphatic carbocycles. The number of aliphatic imine (C=N–C) groups is 1. The minimum absolute atomic E-state index is 0.492. The van der Waals surface area contributed by atoms with E-state index in [1.54, 1.807) is 0 Å². The van der Waals surface area contributed by atoms with E-state index in [0.29, 0.717) is 12.0 Å². The first-order valence-electron chi connectivity index (χ1n) is 7.84. The zero-order valence-corrected chi connectivity index (χ0v) is 13.2. The lowest BCUT2D eigenvalue weighted by atomic mass is 10.1. The van der Waals surface area contributed by atoms with Crippen LogP contribution in [0.15, 0.2) is 59.6 Å². The summed E-state index contributed by atoms with van der Waals surface area (Å²) < 4.78 is 0. The Morgan fingerprint density at radius 2 is 1.82 bits per heavy atom. The van der Waals surface area contributed by atoms with Gasteiger partial charge in [-0.05, 0) is 24.5 Å². The molecular weight excluding hydrogens is 270 g/mol. The smallest absolute Gasteiger partial charge is 0.191 e. The Kier molecular flexibility index (Phi) is 4.42. The van der Waals surface area contributed by atoms with Crippen molar-refractivity contribution in [2.24, 2.45) is 4.99 Å². The average Bonchev–Trinajstić information content (AvgIpc) is 3.33. The van der Waals surface area contributed by atoms with E-state index in [1.807, 2.05) is 7.05 Å². The third-order valence-corrected chi connectivity index (χ3v) is 4.14. The molecule has 1 fully saturated rings. The molecule has 114 valence electrons. The van der Waals surface area contributed by atoms with E-state index < -0.39 is 0 Å². The normalized spacial score (nSPS) is 20.5. The third kappa shape index (κ3) is 3.67. The topological polar surface area (TPSA) is 36.4 Å². The van der Waals surface area contributed by atoms with Crippen LogP contribution in [-0.2, 0) is 6.54 Å². The lowest BCUT2D eigenvalue weighted by molar-refractivity contribution is 0.790. The van der Waals surface area contributed by atoms with Crippen molar-refractivity contribution in [2.75, 3.05) is 7.05 Å². The van der Waals surface area contributed by atoms with Crippen molar-refractivity contribution in [3.63, 3.8) is 0 Å². The second-order valence-corrected chi connectivity index (χ2v) is 5.92. The lowest BCUT2D eigenvalue weighted by Crippen LogP contribution is -2.38. The van der Waals surface area contributed by atoms with E-state index in [9.17, 15) is 0 Å². The Morgan fingerprint density at radius 3 is 2.50 bits per heavy atom. The van der Waals surface area contributed by atoms with Gasteiger partial charge in [-0.1, -0.05) is 60.2 Å². The highest BCUT2D eigenvalue weighted by atomic mass is 15.2. The maximum absolute atomic E-state index is 4.32. The van der Waals surface area contributed by atoms with Gasteiger partial charge in [-0.25, -0.2) is 0 Å². The van der Waals surface area contributed by atoms with Gasteiger partial charge in [0.1, 0.15) is 0 Å². The van der Waals surface area contributed by atoms with Crippen LogP contribution in [0.1, 0.15) is 29.0 Å². The summed E-state index contributed by atoms with van der Waals surface area (Å²) in [6.07, 6.45) is 1.18. The Morgan fingerprint density at radius 1 is 1.09 bits per heavy atom. The molecule has 0 heterocycles. The number of guanidine groups is 1. The fourth-order valence-electron chi connectivity index (χ4n) is 2.69. The molecule has 2 aromatic rings.